The Morgan fingerprint density at radius 3 is 2.58 bits per heavy atom. The van der Waals surface area contributed by atoms with Gasteiger partial charge in [0.05, 0.1) is 0 Å². The van der Waals surface area contributed by atoms with Gasteiger partial charge in [-0.2, -0.15) is 0 Å². The minimum atomic E-state index is -0.0741. The summed E-state index contributed by atoms with van der Waals surface area (Å²) in [5.74, 6) is 1.28. The first-order valence-corrected chi connectivity index (χ1v) is 4.69. The fourth-order valence-corrected chi connectivity index (χ4v) is 3.39. The van der Waals surface area contributed by atoms with Gasteiger partial charge in [0.2, 0.25) is 0 Å². The average molecular weight is 166 g/mol. The van der Waals surface area contributed by atoms with Gasteiger partial charge in [0, 0.05) is 5.92 Å². The van der Waals surface area contributed by atoms with Crippen molar-refractivity contribution in [3.05, 3.63) is 0 Å². The molecule has 0 amide bonds. The van der Waals surface area contributed by atoms with Crippen LogP contribution < -0.4 is 0 Å². The maximum absolute atomic E-state index is 11.7. The minimum absolute atomic E-state index is 0.0331. The Labute approximate surface area is 72.3 Å². The summed E-state index contributed by atoms with van der Waals surface area (Å²) in [6.45, 7) is 6.50. The Kier molecular flexibility index (Phi) is 0.885. The molecule has 0 aromatic rings. The van der Waals surface area contributed by atoms with E-state index in [2.05, 4.69) is 20.8 Å². The van der Waals surface area contributed by atoms with E-state index in [1.54, 1.807) is 0 Å². The van der Waals surface area contributed by atoms with Crippen LogP contribution in [0.15, 0.2) is 0 Å². The number of hydrogen-bond donors (Lipinski definition) is 0. The zero-order valence-corrected chi connectivity index (χ0v) is 7.76. The van der Waals surface area contributed by atoms with Crippen LogP contribution in [0, 0.1) is 17.3 Å². The average Bonchev–Trinajstić information content (AvgIpc) is 2.61. The molecule has 2 heteroatoms. The van der Waals surface area contributed by atoms with Crippen molar-refractivity contribution < 1.29 is 9.53 Å². The molecule has 0 spiro atoms. The van der Waals surface area contributed by atoms with Crippen molar-refractivity contribution >= 4 is 5.78 Å². The zero-order chi connectivity index (χ0) is 8.72. The number of Topliss-reactive ketones (excluding diaryl/α,β-unsaturated/α-hetero) is 1. The van der Waals surface area contributed by atoms with Crippen LogP contribution >= 0.6 is 0 Å². The van der Waals surface area contributed by atoms with Gasteiger partial charge in [-0.1, -0.05) is 13.8 Å². The first-order chi connectivity index (χ1) is 5.48. The molecule has 4 atom stereocenters. The monoisotopic (exact) mass is 166 g/mol. The quantitative estimate of drug-likeness (QED) is 0.509. The number of ether oxygens (including phenoxy) is 1. The second-order valence-corrected chi connectivity index (χ2v) is 5.25. The summed E-state index contributed by atoms with van der Waals surface area (Å²) >= 11 is 0. The van der Waals surface area contributed by atoms with Gasteiger partial charge in [-0.15, -0.1) is 0 Å². The fraction of sp³-hybridized carbons (Fsp3) is 0.900. The van der Waals surface area contributed by atoms with Crippen molar-refractivity contribution in [3.8, 4) is 0 Å². The van der Waals surface area contributed by atoms with Crippen LogP contribution in [0.3, 0.4) is 0 Å². The maximum atomic E-state index is 11.7. The van der Waals surface area contributed by atoms with E-state index in [4.69, 9.17) is 4.74 Å². The van der Waals surface area contributed by atoms with E-state index in [-0.39, 0.29) is 17.1 Å². The summed E-state index contributed by atoms with van der Waals surface area (Å²) < 4.78 is 5.52. The first-order valence-electron chi connectivity index (χ1n) is 4.69. The summed E-state index contributed by atoms with van der Waals surface area (Å²) in [6, 6.07) is 0. The van der Waals surface area contributed by atoms with Gasteiger partial charge >= 0.3 is 0 Å². The highest BCUT2D eigenvalue weighted by Gasteiger charge is 2.76. The maximum Gasteiger partial charge on any atom is 0.168 e. The van der Waals surface area contributed by atoms with Crippen LogP contribution in [0.5, 0.6) is 0 Å². The van der Waals surface area contributed by atoms with Crippen LogP contribution in [0.25, 0.3) is 0 Å². The van der Waals surface area contributed by atoms with E-state index in [0.29, 0.717) is 17.6 Å². The Balaban J connectivity index is 2.06. The third-order valence-corrected chi connectivity index (χ3v) is 4.40. The lowest BCUT2D eigenvalue weighted by atomic mass is 9.45. The molecule has 4 fully saturated rings. The van der Waals surface area contributed by atoms with Gasteiger partial charge in [0.1, 0.15) is 11.7 Å². The van der Waals surface area contributed by atoms with E-state index in [9.17, 15) is 4.79 Å². The van der Waals surface area contributed by atoms with Gasteiger partial charge in [-0.25, -0.2) is 0 Å². The molecule has 0 aromatic carbocycles. The van der Waals surface area contributed by atoms with Gasteiger partial charge in [-0.3, -0.25) is 4.79 Å². The van der Waals surface area contributed by atoms with Crippen molar-refractivity contribution in [1.82, 2.24) is 0 Å². The molecule has 0 N–H and O–H groups in total. The predicted molar refractivity (Wildman–Crippen MR) is 43.7 cm³/mol. The molecule has 0 aromatic heterocycles. The topological polar surface area (TPSA) is 29.6 Å². The summed E-state index contributed by atoms with van der Waals surface area (Å²) in [5, 5.41) is 0. The number of ketones is 1. The molecular weight excluding hydrogens is 152 g/mol. The molecule has 2 nitrogen and oxygen atoms in total. The molecule has 12 heavy (non-hydrogen) atoms. The molecule has 4 rings (SSSR count). The molecule has 0 unspecified atom stereocenters. The lowest BCUT2D eigenvalue weighted by Crippen LogP contribution is -2.60. The Hall–Kier alpha value is -0.370. The second kappa shape index (κ2) is 1.50. The largest absolute Gasteiger partial charge is 0.358 e. The number of carbonyl (C=O) groups excluding carboxylic acids is 1. The van der Waals surface area contributed by atoms with Crippen molar-refractivity contribution in [2.75, 3.05) is 0 Å². The van der Waals surface area contributed by atoms with Crippen LogP contribution in [0.2, 0.25) is 0 Å². The highest BCUT2D eigenvalue weighted by Crippen LogP contribution is 2.68. The van der Waals surface area contributed by atoms with Crippen LogP contribution in [-0.2, 0) is 9.53 Å². The van der Waals surface area contributed by atoms with E-state index in [0.717, 1.165) is 6.42 Å². The van der Waals surface area contributed by atoms with E-state index in [1.165, 1.54) is 0 Å². The van der Waals surface area contributed by atoms with E-state index < -0.39 is 0 Å². The molecule has 1 aliphatic heterocycles. The number of rotatable bonds is 0. The molecule has 0 radical (unpaired) electrons. The predicted octanol–water partition coefficient (Wildman–Crippen LogP) is 1.39. The second-order valence-electron chi connectivity index (χ2n) is 5.25. The van der Waals surface area contributed by atoms with Crippen molar-refractivity contribution in [2.45, 2.75) is 38.9 Å². The van der Waals surface area contributed by atoms with Crippen molar-refractivity contribution in [2.24, 2.45) is 17.3 Å². The van der Waals surface area contributed by atoms with Crippen molar-refractivity contribution in [1.29, 1.82) is 0 Å². The molecule has 1 saturated heterocycles. The molecule has 3 aliphatic carbocycles. The third-order valence-electron chi connectivity index (χ3n) is 4.40. The summed E-state index contributed by atoms with van der Waals surface area (Å²) in [5.41, 5.74) is 0.133. The molecule has 66 valence electrons. The Morgan fingerprint density at radius 2 is 2.08 bits per heavy atom. The minimum Gasteiger partial charge on any atom is -0.358 e. The third kappa shape index (κ3) is 0.481. The summed E-state index contributed by atoms with van der Waals surface area (Å²) in [7, 11) is 0. The lowest BCUT2D eigenvalue weighted by Gasteiger charge is -2.56. The fourth-order valence-electron chi connectivity index (χ4n) is 3.39. The van der Waals surface area contributed by atoms with E-state index in [1.807, 2.05) is 0 Å². The highest BCUT2D eigenvalue weighted by atomic mass is 16.6. The summed E-state index contributed by atoms with van der Waals surface area (Å²) in [6.07, 6.45) is 1.04. The zero-order valence-electron chi connectivity index (χ0n) is 7.76. The smallest absolute Gasteiger partial charge is 0.168 e. The normalized spacial score (nSPS) is 58.9. The highest BCUT2D eigenvalue weighted by molar-refractivity contribution is 5.93. The first kappa shape index (κ1) is 7.07. The molecule has 3 saturated carbocycles. The van der Waals surface area contributed by atoms with Gasteiger partial charge in [0.25, 0.3) is 0 Å². The number of hydrogen-bond acceptors (Lipinski definition) is 2. The molecular formula is C10H14O2. The lowest BCUT2D eigenvalue weighted by molar-refractivity contribution is -0.147. The van der Waals surface area contributed by atoms with Gasteiger partial charge in [-0.05, 0) is 24.7 Å². The van der Waals surface area contributed by atoms with Gasteiger partial charge in [0.15, 0.2) is 5.78 Å². The molecule has 2 bridgehead atoms. The Bertz CT molecular complexity index is 277. The Morgan fingerprint density at radius 1 is 1.42 bits per heavy atom. The number of carbonyl (C=O) groups is 1. The van der Waals surface area contributed by atoms with Crippen LogP contribution in [-0.4, -0.2) is 17.5 Å². The number of epoxide rings is 1. The SMILES string of the molecule is CC1(C)[C@H]2C[C@@H]1[C@@]1(C)O[C@H]1C2=O. The van der Waals surface area contributed by atoms with Crippen molar-refractivity contribution in [3.63, 3.8) is 0 Å². The standard InChI is InChI=1S/C10H14O2/c1-9(2)5-4-6(9)10(3)8(12-10)7(5)11/h5-6,8H,4H2,1-3H3/t5-,6-,8-,10+/m0/s1. The molecule has 1 heterocycles. The molecule has 4 aliphatic rings. The summed E-state index contributed by atoms with van der Waals surface area (Å²) in [4.78, 5) is 11.7. The van der Waals surface area contributed by atoms with Gasteiger partial charge < -0.3 is 4.74 Å². The van der Waals surface area contributed by atoms with Crippen LogP contribution in [0.4, 0.5) is 0 Å². The van der Waals surface area contributed by atoms with Crippen LogP contribution in [0.1, 0.15) is 27.2 Å². The van der Waals surface area contributed by atoms with E-state index >= 15 is 0 Å².